The Bertz CT molecular complexity index is 914. The summed E-state index contributed by atoms with van der Waals surface area (Å²) in [5, 5.41) is 34.7. The second-order valence-corrected chi connectivity index (χ2v) is 8.43. The van der Waals surface area contributed by atoms with Crippen molar-refractivity contribution in [2.24, 2.45) is 11.5 Å². The Hall–Kier alpha value is -3.36. The lowest BCUT2D eigenvalue weighted by Gasteiger charge is -2.24. The fourth-order valence-corrected chi connectivity index (χ4v) is 3.38. The number of nitrogens with two attached hydrogens (primary N) is 2. The lowest BCUT2D eigenvalue weighted by Crippen LogP contribution is -2.57. The van der Waals surface area contributed by atoms with Crippen molar-refractivity contribution in [3.05, 3.63) is 29.8 Å². The Morgan fingerprint density at radius 2 is 1.42 bits per heavy atom. The normalized spacial score (nSPS) is 14.1. The number of unbranched alkanes of at least 4 members (excludes halogenated alkanes) is 1. The minimum atomic E-state index is -1.55. The number of benzene rings is 1. The van der Waals surface area contributed by atoms with E-state index in [0.29, 0.717) is 24.9 Å². The first-order chi connectivity index (χ1) is 17.0. The van der Waals surface area contributed by atoms with Crippen LogP contribution in [0.4, 0.5) is 0 Å². The Morgan fingerprint density at radius 3 is 1.94 bits per heavy atom. The molecule has 200 valence electrons. The summed E-state index contributed by atoms with van der Waals surface area (Å²) in [7, 11) is 0. The molecule has 0 aromatic heterocycles. The highest BCUT2D eigenvalue weighted by atomic mass is 32.1. The molecule has 1 aromatic rings. The van der Waals surface area contributed by atoms with Gasteiger partial charge in [0.2, 0.25) is 17.7 Å². The monoisotopic (exact) mass is 527 g/mol. The number of phenols is 1. The molecule has 0 heterocycles. The number of nitrogens with one attached hydrogen (secondary N) is 3. The Labute approximate surface area is 213 Å². The van der Waals surface area contributed by atoms with Crippen molar-refractivity contribution in [3.63, 3.8) is 0 Å². The maximum atomic E-state index is 12.9. The van der Waals surface area contributed by atoms with Crippen molar-refractivity contribution in [1.29, 1.82) is 0 Å². The van der Waals surface area contributed by atoms with Gasteiger partial charge in [0.1, 0.15) is 23.9 Å². The third kappa shape index (κ3) is 10.9. The number of aromatic hydroxyl groups is 1. The quantitative estimate of drug-likeness (QED) is 0.0876. The first-order valence-corrected chi connectivity index (χ1v) is 11.8. The predicted molar refractivity (Wildman–Crippen MR) is 132 cm³/mol. The van der Waals surface area contributed by atoms with Crippen LogP contribution in [0.3, 0.4) is 0 Å². The van der Waals surface area contributed by atoms with E-state index in [1.807, 2.05) is 0 Å². The molecule has 0 saturated carbocycles. The van der Waals surface area contributed by atoms with Gasteiger partial charge in [0.15, 0.2) is 0 Å². The van der Waals surface area contributed by atoms with Crippen molar-refractivity contribution in [2.45, 2.75) is 56.3 Å². The van der Waals surface area contributed by atoms with Crippen LogP contribution >= 0.6 is 12.6 Å². The number of hydrogen-bond donors (Lipinski definition) is 9. The molecule has 0 saturated heterocycles. The van der Waals surface area contributed by atoms with E-state index in [1.165, 1.54) is 12.1 Å². The highest BCUT2D eigenvalue weighted by Gasteiger charge is 2.31. The molecule has 0 bridgehead atoms. The molecular weight excluding hydrogens is 494 g/mol. The van der Waals surface area contributed by atoms with Crippen LogP contribution in [0, 0.1) is 0 Å². The smallest absolute Gasteiger partial charge is 0.327 e. The molecule has 1 rings (SSSR count). The third-order valence-electron chi connectivity index (χ3n) is 5.12. The zero-order valence-corrected chi connectivity index (χ0v) is 20.4. The summed E-state index contributed by atoms with van der Waals surface area (Å²) in [4.78, 5) is 60.7. The Morgan fingerprint density at radius 1 is 0.861 bits per heavy atom. The summed E-state index contributed by atoms with van der Waals surface area (Å²) in [5.74, 6) is -5.41. The molecule has 14 heteroatoms. The van der Waals surface area contributed by atoms with Crippen LogP contribution in [0.5, 0.6) is 5.75 Å². The average Bonchev–Trinajstić information content (AvgIpc) is 2.82. The van der Waals surface area contributed by atoms with E-state index in [0.717, 1.165) is 0 Å². The molecule has 0 fully saturated rings. The number of hydrogen-bond acceptors (Lipinski definition) is 9. The summed E-state index contributed by atoms with van der Waals surface area (Å²) in [5.41, 5.74) is 12.0. The minimum absolute atomic E-state index is 0.0315. The number of carbonyl (C=O) groups excluding carboxylic acids is 3. The van der Waals surface area contributed by atoms with Crippen LogP contribution in [0.15, 0.2) is 24.3 Å². The van der Waals surface area contributed by atoms with Crippen LogP contribution in [0.2, 0.25) is 0 Å². The first kappa shape index (κ1) is 30.7. The standard InChI is InChI=1S/C22H33N5O8S/c23-8-2-1-3-15(20(32)27-17(11-36)22(34)35)25-21(33)16(10-18(29)30)26-19(31)14(24)9-12-4-6-13(28)7-5-12/h4-7,14-17,28,36H,1-3,8-11,23-24H2,(H,25,33)(H,26,31)(H,27,32)(H,29,30)(H,34,35). The lowest BCUT2D eigenvalue weighted by molar-refractivity contribution is -0.142. The molecule has 0 aliphatic heterocycles. The van der Waals surface area contributed by atoms with E-state index < -0.39 is 60.2 Å². The number of aliphatic carboxylic acids is 2. The summed E-state index contributed by atoms with van der Waals surface area (Å²) in [6.07, 6.45) is 0.311. The molecule has 1 aromatic carbocycles. The topological polar surface area (TPSA) is 234 Å². The molecule has 0 spiro atoms. The van der Waals surface area contributed by atoms with Crippen LogP contribution in [-0.4, -0.2) is 81.4 Å². The average molecular weight is 528 g/mol. The number of carboxylic acid groups (broad SMARTS) is 2. The highest BCUT2D eigenvalue weighted by molar-refractivity contribution is 7.80. The first-order valence-electron chi connectivity index (χ1n) is 11.2. The minimum Gasteiger partial charge on any atom is -0.508 e. The van der Waals surface area contributed by atoms with Crippen molar-refractivity contribution < 1.29 is 39.3 Å². The van der Waals surface area contributed by atoms with E-state index in [4.69, 9.17) is 16.6 Å². The SMILES string of the molecule is NCCCCC(NC(=O)C(CC(=O)O)NC(=O)C(N)Cc1ccc(O)cc1)C(=O)NC(CS)C(=O)O. The molecule has 36 heavy (non-hydrogen) atoms. The molecule has 0 aliphatic carbocycles. The highest BCUT2D eigenvalue weighted by Crippen LogP contribution is 2.11. The molecule has 0 radical (unpaired) electrons. The number of phenolic OH excluding ortho intramolecular Hbond substituents is 1. The van der Waals surface area contributed by atoms with Gasteiger partial charge >= 0.3 is 11.9 Å². The largest absolute Gasteiger partial charge is 0.508 e. The maximum absolute atomic E-state index is 12.9. The van der Waals surface area contributed by atoms with Crippen LogP contribution < -0.4 is 27.4 Å². The molecule has 13 nitrogen and oxygen atoms in total. The van der Waals surface area contributed by atoms with Gasteiger partial charge in [-0.1, -0.05) is 12.1 Å². The fraction of sp³-hybridized carbons (Fsp3) is 0.500. The van der Waals surface area contributed by atoms with Gasteiger partial charge in [-0.25, -0.2) is 4.79 Å². The van der Waals surface area contributed by atoms with Gasteiger partial charge in [-0.3, -0.25) is 19.2 Å². The van der Waals surface area contributed by atoms with E-state index in [1.54, 1.807) is 12.1 Å². The van der Waals surface area contributed by atoms with Gasteiger partial charge in [0.25, 0.3) is 0 Å². The molecule has 4 atom stereocenters. The molecule has 4 unspecified atom stereocenters. The van der Waals surface area contributed by atoms with E-state index in [9.17, 15) is 34.2 Å². The summed E-state index contributed by atoms with van der Waals surface area (Å²) in [6, 6.07) is 0.762. The van der Waals surface area contributed by atoms with Crippen LogP contribution in [0.25, 0.3) is 0 Å². The number of carboxylic acids is 2. The third-order valence-corrected chi connectivity index (χ3v) is 5.48. The number of rotatable bonds is 16. The van der Waals surface area contributed by atoms with E-state index in [-0.39, 0.29) is 24.3 Å². The summed E-state index contributed by atoms with van der Waals surface area (Å²) >= 11 is 3.88. The molecule has 3 amide bonds. The van der Waals surface area contributed by atoms with E-state index >= 15 is 0 Å². The van der Waals surface area contributed by atoms with Gasteiger partial charge in [-0.2, -0.15) is 12.6 Å². The molecule has 0 aliphatic rings. The Kier molecular flexibility index (Phi) is 13.3. The summed E-state index contributed by atoms with van der Waals surface area (Å²) in [6.45, 7) is 0.327. The Balaban J connectivity index is 2.94. The molecule has 10 N–H and O–H groups in total. The zero-order chi connectivity index (χ0) is 27.3. The molecular formula is C22H33N5O8S. The van der Waals surface area contributed by atoms with Gasteiger partial charge in [-0.15, -0.1) is 0 Å². The van der Waals surface area contributed by atoms with Gasteiger partial charge in [-0.05, 0) is 49.9 Å². The van der Waals surface area contributed by atoms with Gasteiger partial charge in [0, 0.05) is 5.75 Å². The van der Waals surface area contributed by atoms with Crippen LogP contribution in [-0.2, 0) is 30.4 Å². The lowest BCUT2D eigenvalue weighted by atomic mass is 10.0. The fourth-order valence-electron chi connectivity index (χ4n) is 3.13. The van der Waals surface area contributed by atoms with Gasteiger partial charge < -0.3 is 42.7 Å². The maximum Gasteiger partial charge on any atom is 0.327 e. The van der Waals surface area contributed by atoms with Gasteiger partial charge in [0.05, 0.1) is 12.5 Å². The van der Waals surface area contributed by atoms with Crippen molar-refractivity contribution in [3.8, 4) is 5.75 Å². The number of amides is 3. The van der Waals surface area contributed by atoms with Crippen LogP contribution in [0.1, 0.15) is 31.2 Å². The van der Waals surface area contributed by atoms with Crippen molar-refractivity contribution in [2.75, 3.05) is 12.3 Å². The second-order valence-electron chi connectivity index (χ2n) is 8.06. The van der Waals surface area contributed by atoms with Crippen molar-refractivity contribution in [1.82, 2.24) is 16.0 Å². The zero-order valence-electron chi connectivity index (χ0n) is 19.6. The summed E-state index contributed by atoms with van der Waals surface area (Å²) < 4.78 is 0. The number of carbonyl (C=O) groups is 5. The predicted octanol–water partition coefficient (Wildman–Crippen LogP) is -1.67. The number of thiol groups is 1. The van der Waals surface area contributed by atoms with Crippen molar-refractivity contribution >= 4 is 42.3 Å². The second kappa shape index (κ2) is 15.6. The van der Waals surface area contributed by atoms with E-state index in [2.05, 4.69) is 28.6 Å².